The predicted octanol–water partition coefficient (Wildman–Crippen LogP) is 3.33. The minimum Gasteiger partial charge on any atom is -0.431 e. The van der Waals surface area contributed by atoms with Crippen LogP contribution in [0, 0.1) is 6.92 Å². The minimum absolute atomic E-state index is 0.597. The fraction of sp³-hybridized carbons (Fsp3) is 0.0909. The highest BCUT2D eigenvalue weighted by Gasteiger charge is 2.09. The van der Waals surface area contributed by atoms with Gasteiger partial charge >= 0.3 is 0 Å². The summed E-state index contributed by atoms with van der Waals surface area (Å²) in [7, 11) is 0. The van der Waals surface area contributed by atoms with Crippen molar-refractivity contribution < 1.29 is 4.42 Å². The lowest BCUT2D eigenvalue weighted by molar-refractivity contribution is 0.489. The van der Waals surface area contributed by atoms with Crippen LogP contribution < -0.4 is 5.73 Å². The second-order valence-electron chi connectivity index (χ2n) is 3.56. The molecule has 0 saturated carbocycles. The van der Waals surface area contributed by atoms with Crippen molar-refractivity contribution in [3.8, 4) is 0 Å². The number of thiazole rings is 1. The highest BCUT2D eigenvalue weighted by molar-refractivity contribution is 8.00. The molecule has 0 bridgehead atoms. The van der Waals surface area contributed by atoms with Crippen molar-refractivity contribution in [1.29, 1.82) is 0 Å². The van der Waals surface area contributed by atoms with Crippen molar-refractivity contribution in [3.05, 3.63) is 29.3 Å². The number of aromatic nitrogens is 2. The standard InChI is InChI=1S/C11H9N3OS2/c1-6-5-16-11(13-6)17-10-14-8-3-2-7(12)4-9(8)15-10/h2-5H,12H2,1H3. The molecule has 4 nitrogen and oxygen atoms in total. The zero-order valence-electron chi connectivity index (χ0n) is 9.01. The Morgan fingerprint density at radius 1 is 1.35 bits per heavy atom. The summed E-state index contributed by atoms with van der Waals surface area (Å²) in [5.41, 5.74) is 8.90. The summed E-state index contributed by atoms with van der Waals surface area (Å²) in [4.78, 5) is 8.72. The van der Waals surface area contributed by atoms with Crippen LogP contribution in [0.5, 0.6) is 0 Å². The van der Waals surface area contributed by atoms with Crippen LogP contribution in [0.25, 0.3) is 11.1 Å². The summed E-state index contributed by atoms with van der Waals surface area (Å²) in [5, 5.41) is 2.60. The molecule has 17 heavy (non-hydrogen) atoms. The Hall–Kier alpha value is -1.53. The van der Waals surface area contributed by atoms with Crippen molar-refractivity contribution in [2.45, 2.75) is 16.5 Å². The Bertz CT molecular complexity index is 674. The molecule has 0 unspecified atom stereocenters. The summed E-state index contributed by atoms with van der Waals surface area (Å²) in [6.07, 6.45) is 0. The number of aryl methyl sites for hydroxylation is 1. The Balaban J connectivity index is 1.95. The minimum atomic E-state index is 0.597. The predicted molar refractivity (Wildman–Crippen MR) is 69.4 cm³/mol. The molecule has 2 N–H and O–H groups in total. The molecule has 6 heteroatoms. The van der Waals surface area contributed by atoms with E-state index in [2.05, 4.69) is 9.97 Å². The van der Waals surface area contributed by atoms with Crippen LogP contribution in [0.1, 0.15) is 5.69 Å². The van der Waals surface area contributed by atoms with Gasteiger partial charge in [-0.3, -0.25) is 0 Å². The van der Waals surface area contributed by atoms with Gasteiger partial charge in [-0.2, -0.15) is 0 Å². The number of nitrogens with zero attached hydrogens (tertiary/aromatic N) is 2. The van der Waals surface area contributed by atoms with Gasteiger partial charge < -0.3 is 10.2 Å². The van der Waals surface area contributed by atoms with E-state index in [0.717, 1.165) is 15.6 Å². The third-order valence-electron chi connectivity index (χ3n) is 2.17. The Morgan fingerprint density at radius 3 is 3.00 bits per heavy atom. The number of anilines is 1. The summed E-state index contributed by atoms with van der Waals surface area (Å²) >= 11 is 3.01. The van der Waals surface area contributed by atoms with E-state index in [1.54, 1.807) is 17.4 Å². The van der Waals surface area contributed by atoms with Gasteiger partial charge in [-0.1, -0.05) is 0 Å². The van der Waals surface area contributed by atoms with E-state index in [-0.39, 0.29) is 0 Å². The number of oxazole rings is 1. The highest BCUT2D eigenvalue weighted by Crippen LogP contribution is 2.32. The molecule has 0 aliphatic heterocycles. The van der Waals surface area contributed by atoms with Crippen LogP contribution in [0.2, 0.25) is 0 Å². The quantitative estimate of drug-likeness (QED) is 0.718. The molecular formula is C11H9N3OS2. The number of nitrogen functional groups attached to an aromatic ring is 1. The van der Waals surface area contributed by atoms with E-state index in [4.69, 9.17) is 10.2 Å². The zero-order chi connectivity index (χ0) is 11.8. The fourth-order valence-electron chi connectivity index (χ4n) is 1.42. The maximum Gasteiger partial charge on any atom is 0.263 e. The molecule has 2 heterocycles. The van der Waals surface area contributed by atoms with Gasteiger partial charge in [0, 0.05) is 34.6 Å². The summed E-state index contributed by atoms with van der Waals surface area (Å²) in [5.74, 6) is 0. The first-order chi connectivity index (χ1) is 8.20. The van der Waals surface area contributed by atoms with Crippen LogP contribution in [0.4, 0.5) is 5.69 Å². The third-order valence-corrected chi connectivity index (χ3v) is 4.07. The van der Waals surface area contributed by atoms with Crippen LogP contribution >= 0.6 is 23.1 Å². The van der Waals surface area contributed by atoms with E-state index in [0.29, 0.717) is 16.5 Å². The smallest absolute Gasteiger partial charge is 0.263 e. The Kier molecular flexibility index (Phi) is 2.53. The highest BCUT2D eigenvalue weighted by atomic mass is 32.2. The lowest BCUT2D eigenvalue weighted by Crippen LogP contribution is -1.81. The first kappa shape index (κ1) is 10.6. The SMILES string of the molecule is Cc1csc(Sc2nc3ccc(N)cc3o2)n1. The van der Waals surface area contributed by atoms with Gasteiger partial charge in [0.15, 0.2) is 9.92 Å². The normalized spacial score (nSPS) is 11.1. The van der Waals surface area contributed by atoms with E-state index < -0.39 is 0 Å². The van der Waals surface area contributed by atoms with Gasteiger partial charge in [0.25, 0.3) is 5.22 Å². The van der Waals surface area contributed by atoms with Crippen molar-refractivity contribution in [2.75, 3.05) is 5.73 Å². The molecule has 2 aromatic heterocycles. The molecule has 3 rings (SSSR count). The Morgan fingerprint density at radius 2 is 2.24 bits per heavy atom. The number of nitrogens with two attached hydrogens (primary N) is 1. The first-order valence-corrected chi connectivity index (χ1v) is 6.66. The largest absolute Gasteiger partial charge is 0.431 e. The van der Waals surface area contributed by atoms with E-state index >= 15 is 0 Å². The molecule has 0 amide bonds. The molecule has 0 spiro atoms. The van der Waals surface area contributed by atoms with Crippen molar-refractivity contribution >= 4 is 39.9 Å². The Labute approximate surface area is 106 Å². The molecule has 3 aromatic rings. The number of hydrogen-bond donors (Lipinski definition) is 1. The molecule has 0 aliphatic rings. The maximum absolute atomic E-state index is 5.68. The lowest BCUT2D eigenvalue weighted by atomic mass is 10.3. The third kappa shape index (κ3) is 2.13. The zero-order valence-corrected chi connectivity index (χ0v) is 10.6. The number of rotatable bonds is 2. The van der Waals surface area contributed by atoms with Crippen molar-refractivity contribution in [3.63, 3.8) is 0 Å². The van der Waals surface area contributed by atoms with Crippen molar-refractivity contribution in [2.24, 2.45) is 0 Å². The van der Waals surface area contributed by atoms with Crippen LogP contribution in [0.3, 0.4) is 0 Å². The van der Waals surface area contributed by atoms with Crippen LogP contribution in [-0.2, 0) is 0 Å². The molecule has 0 aliphatic carbocycles. The van der Waals surface area contributed by atoms with Gasteiger partial charge in [0.05, 0.1) is 0 Å². The first-order valence-electron chi connectivity index (χ1n) is 4.97. The number of hydrogen-bond acceptors (Lipinski definition) is 6. The van der Waals surface area contributed by atoms with Gasteiger partial charge in [0.2, 0.25) is 0 Å². The molecule has 0 radical (unpaired) electrons. The molecule has 0 atom stereocenters. The van der Waals surface area contributed by atoms with Gasteiger partial charge in [0.1, 0.15) is 5.52 Å². The average molecular weight is 263 g/mol. The van der Waals surface area contributed by atoms with E-state index in [9.17, 15) is 0 Å². The fourth-order valence-corrected chi connectivity index (χ4v) is 3.10. The number of fused-ring (bicyclic) bond motifs is 1. The monoisotopic (exact) mass is 263 g/mol. The van der Waals surface area contributed by atoms with Gasteiger partial charge in [-0.15, -0.1) is 11.3 Å². The average Bonchev–Trinajstić information content (AvgIpc) is 2.84. The lowest BCUT2D eigenvalue weighted by Gasteiger charge is -1.89. The molecule has 0 saturated heterocycles. The van der Waals surface area contributed by atoms with E-state index in [1.165, 1.54) is 11.8 Å². The van der Waals surface area contributed by atoms with Gasteiger partial charge in [-0.25, -0.2) is 9.97 Å². The molecule has 86 valence electrons. The molecule has 0 fully saturated rings. The summed E-state index contributed by atoms with van der Waals surface area (Å²) in [6, 6.07) is 5.44. The summed E-state index contributed by atoms with van der Waals surface area (Å²) < 4.78 is 6.53. The van der Waals surface area contributed by atoms with Crippen LogP contribution in [-0.4, -0.2) is 9.97 Å². The van der Waals surface area contributed by atoms with Crippen LogP contribution in [0.15, 0.2) is 37.6 Å². The van der Waals surface area contributed by atoms with Crippen molar-refractivity contribution in [1.82, 2.24) is 9.97 Å². The topological polar surface area (TPSA) is 64.9 Å². The molecular weight excluding hydrogens is 254 g/mol. The number of benzene rings is 1. The van der Waals surface area contributed by atoms with Gasteiger partial charge in [-0.05, 0) is 19.1 Å². The molecule has 1 aromatic carbocycles. The second kappa shape index (κ2) is 4.05. The second-order valence-corrected chi connectivity index (χ2v) is 5.62. The van der Waals surface area contributed by atoms with E-state index in [1.807, 2.05) is 24.4 Å². The maximum atomic E-state index is 5.68. The summed E-state index contributed by atoms with van der Waals surface area (Å²) in [6.45, 7) is 1.97.